The number of aromatic hydroxyl groups is 1. The van der Waals surface area contributed by atoms with Gasteiger partial charge in [-0.15, -0.1) is 0 Å². The van der Waals surface area contributed by atoms with Crippen molar-refractivity contribution < 1.29 is 9.90 Å². The molecule has 3 rings (SSSR count). The molecule has 1 aliphatic rings. The summed E-state index contributed by atoms with van der Waals surface area (Å²) in [5, 5.41) is 9.84. The van der Waals surface area contributed by atoms with E-state index in [-0.39, 0.29) is 17.2 Å². The van der Waals surface area contributed by atoms with Crippen LogP contribution in [0.25, 0.3) is 0 Å². The molecule has 126 valence electrons. The van der Waals surface area contributed by atoms with Crippen molar-refractivity contribution in [3.8, 4) is 5.75 Å². The van der Waals surface area contributed by atoms with E-state index in [0.29, 0.717) is 12.3 Å². The molecule has 2 aromatic rings. The highest BCUT2D eigenvalue weighted by Gasteiger charge is 2.40. The number of carbonyl (C=O) groups is 1. The number of phenols is 1. The average Bonchev–Trinajstić information content (AvgIpc) is 2.60. The second kappa shape index (κ2) is 6.78. The molecule has 1 N–H and O–H groups in total. The van der Waals surface area contributed by atoms with Crippen molar-refractivity contribution in [1.29, 1.82) is 0 Å². The Morgan fingerprint density at radius 1 is 1.21 bits per heavy atom. The summed E-state index contributed by atoms with van der Waals surface area (Å²) in [4.78, 5) is 14.9. The molecule has 0 unspecified atom stereocenters. The highest BCUT2D eigenvalue weighted by molar-refractivity contribution is 5.97. The molecule has 0 aromatic heterocycles. The molecule has 1 fully saturated rings. The number of hydrogen-bond donors (Lipinski definition) is 1. The van der Waals surface area contributed by atoms with Crippen molar-refractivity contribution in [2.24, 2.45) is 0 Å². The fourth-order valence-electron chi connectivity index (χ4n) is 3.82. The largest absolute Gasteiger partial charge is 0.508 e. The second-order valence-electron chi connectivity index (χ2n) is 7.01. The predicted molar refractivity (Wildman–Crippen MR) is 96.5 cm³/mol. The number of ketones is 1. The number of Topliss-reactive ketones (excluding diaryl/α,β-unsaturated/α-hetero) is 1. The Bertz CT molecular complexity index is 713. The van der Waals surface area contributed by atoms with Gasteiger partial charge in [0.1, 0.15) is 5.75 Å². The molecule has 0 bridgehead atoms. The Morgan fingerprint density at radius 3 is 2.67 bits per heavy atom. The van der Waals surface area contributed by atoms with Crippen molar-refractivity contribution in [2.75, 3.05) is 13.1 Å². The van der Waals surface area contributed by atoms with Gasteiger partial charge < -0.3 is 5.11 Å². The summed E-state index contributed by atoms with van der Waals surface area (Å²) in [7, 11) is 0. The van der Waals surface area contributed by atoms with Gasteiger partial charge in [0, 0.05) is 17.0 Å². The molecule has 3 nitrogen and oxygen atoms in total. The minimum absolute atomic E-state index is 0.0615. The maximum atomic E-state index is 12.6. The predicted octanol–water partition coefficient (Wildman–Crippen LogP) is 4.02. The van der Waals surface area contributed by atoms with Crippen LogP contribution in [-0.2, 0) is 5.41 Å². The number of rotatable bonds is 4. The Labute approximate surface area is 143 Å². The molecule has 3 heteroatoms. The molecule has 0 amide bonds. The monoisotopic (exact) mass is 323 g/mol. The van der Waals surface area contributed by atoms with Crippen molar-refractivity contribution in [1.82, 2.24) is 4.90 Å². The quantitative estimate of drug-likeness (QED) is 0.864. The Balaban J connectivity index is 1.80. The Morgan fingerprint density at radius 2 is 1.96 bits per heavy atom. The lowest BCUT2D eigenvalue weighted by Gasteiger charge is -2.47. The van der Waals surface area contributed by atoms with E-state index in [1.807, 2.05) is 42.5 Å². The summed E-state index contributed by atoms with van der Waals surface area (Å²) in [5.41, 5.74) is 1.86. The van der Waals surface area contributed by atoms with Gasteiger partial charge in [-0.1, -0.05) is 49.4 Å². The van der Waals surface area contributed by atoms with Crippen molar-refractivity contribution in [3.63, 3.8) is 0 Å². The standard InChI is InChI=1S/C21H25NO2/c1-16-21(2,18-10-6-11-19(23)14-18)12-7-13-22(16)15-20(24)17-8-4-3-5-9-17/h3-6,8-11,14,16,23H,7,12-13,15H2,1-2H3/t16-,21-/m1/s1. The molecule has 1 heterocycles. The molecule has 0 radical (unpaired) electrons. The van der Waals surface area contributed by atoms with E-state index < -0.39 is 0 Å². The van der Waals surface area contributed by atoms with Crippen LogP contribution in [0.2, 0.25) is 0 Å². The third-order valence-electron chi connectivity index (χ3n) is 5.56. The topological polar surface area (TPSA) is 40.5 Å². The molecule has 0 saturated carbocycles. The number of carbonyl (C=O) groups excluding carboxylic acids is 1. The average molecular weight is 323 g/mol. The van der Waals surface area contributed by atoms with Gasteiger partial charge in [0.25, 0.3) is 0 Å². The lowest BCUT2D eigenvalue weighted by atomic mass is 9.70. The van der Waals surface area contributed by atoms with E-state index in [4.69, 9.17) is 0 Å². The van der Waals surface area contributed by atoms with E-state index in [1.54, 1.807) is 6.07 Å². The summed E-state index contributed by atoms with van der Waals surface area (Å²) in [6.07, 6.45) is 2.12. The highest BCUT2D eigenvalue weighted by atomic mass is 16.3. The summed E-state index contributed by atoms with van der Waals surface area (Å²) in [6.45, 7) is 5.82. The minimum atomic E-state index is -0.0615. The molecular formula is C21H25NO2. The van der Waals surface area contributed by atoms with Gasteiger partial charge in [-0.3, -0.25) is 9.69 Å². The van der Waals surface area contributed by atoms with E-state index in [1.165, 1.54) is 0 Å². The van der Waals surface area contributed by atoms with Crippen LogP contribution in [0.4, 0.5) is 0 Å². The first-order valence-corrected chi connectivity index (χ1v) is 8.62. The van der Waals surface area contributed by atoms with Gasteiger partial charge >= 0.3 is 0 Å². The SMILES string of the molecule is C[C@H]1N(CC(=O)c2ccccc2)CCC[C@@]1(C)c1cccc(O)c1. The van der Waals surface area contributed by atoms with Crippen LogP contribution < -0.4 is 0 Å². The second-order valence-corrected chi connectivity index (χ2v) is 7.01. The summed E-state index contributed by atoms with van der Waals surface area (Å²) >= 11 is 0. The maximum absolute atomic E-state index is 12.6. The number of nitrogens with zero attached hydrogens (tertiary/aromatic N) is 1. The fourth-order valence-corrected chi connectivity index (χ4v) is 3.82. The Kier molecular flexibility index (Phi) is 4.72. The zero-order chi connectivity index (χ0) is 17.2. The summed E-state index contributed by atoms with van der Waals surface area (Å²) in [5.74, 6) is 0.473. The summed E-state index contributed by atoms with van der Waals surface area (Å²) < 4.78 is 0. The van der Waals surface area contributed by atoms with Crippen molar-refractivity contribution >= 4 is 5.78 Å². The van der Waals surface area contributed by atoms with E-state index >= 15 is 0 Å². The molecule has 1 saturated heterocycles. The van der Waals surface area contributed by atoms with Crippen LogP contribution in [0.1, 0.15) is 42.6 Å². The normalized spacial score (nSPS) is 24.7. The molecule has 0 aliphatic carbocycles. The molecule has 0 spiro atoms. The summed E-state index contributed by atoms with van der Waals surface area (Å²) in [6, 6.07) is 17.3. The van der Waals surface area contributed by atoms with Crippen LogP contribution in [0, 0.1) is 0 Å². The van der Waals surface area contributed by atoms with Gasteiger partial charge in [-0.25, -0.2) is 0 Å². The number of likely N-dealkylation sites (tertiary alicyclic amines) is 1. The van der Waals surface area contributed by atoms with Crippen LogP contribution in [-0.4, -0.2) is 34.9 Å². The minimum Gasteiger partial charge on any atom is -0.508 e. The van der Waals surface area contributed by atoms with E-state index in [0.717, 1.165) is 30.5 Å². The lowest BCUT2D eigenvalue weighted by Crippen LogP contribution is -2.53. The fraction of sp³-hybridized carbons (Fsp3) is 0.381. The van der Waals surface area contributed by atoms with Gasteiger partial charge in [0.15, 0.2) is 5.78 Å². The van der Waals surface area contributed by atoms with Crippen LogP contribution in [0.5, 0.6) is 5.75 Å². The molecule has 2 atom stereocenters. The lowest BCUT2D eigenvalue weighted by molar-refractivity contribution is 0.0687. The van der Waals surface area contributed by atoms with Gasteiger partial charge in [0.05, 0.1) is 6.54 Å². The number of benzene rings is 2. The number of piperidine rings is 1. The maximum Gasteiger partial charge on any atom is 0.176 e. The zero-order valence-electron chi connectivity index (χ0n) is 14.4. The van der Waals surface area contributed by atoms with Gasteiger partial charge in [-0.05, 0) is 44.0 Å². The molecular weight excluding hydrogens is 298 g/mol. The third-order valence-corrected chi connectivity index (χ3v) is 5.56. The Hall–Kier alpha value is -2.13. The number of hydrogen-bond acceptors (Lipinski definition) is 3. The van der Waals surface area contributed by atoms with E-state index in [2.05, 4.69) is 24.8 Å². The molecule has 24 heavy (non-hydrogen) atoms. The zero-order valence-corrected chi connectivity index (χ0v) is 14.4. The van der Waals surface area contributed by atoms with Crippen LogP contribution in [0.3, 0.4) is 0 Å². The first-order valence-electron chi connectivity index (χ1n) is 8.62. The van der Waals surface area contributed by atoms with E-state index in [9.17, 15) is 9.90 Å². The first-order chi connectivity index (χ1) is 11.5. The molecule has 1 aliphatic heterocycles. The van der Waals surface area contributed by atoms with Crippen molar-refractivity contribution in [2.45, 2.75) is 38.1 Å². The highest BCUT2D eigenvalue weighted by Crippen LogP contribution is 2.39. The van der Waals surface area contributed by atoms with Crippen LogP contribution >= 0.6 is 0 Å². The molecule has 2 aromatic carbocycles. The van der Waals surface area contributed by atoms with Gasteiger partial charge in [0.2, 0.25) is 0 Å². The first kappa shape index (κ1) is 16.7. The smallest absolute Gasteiger partial charge is 0.176 e. The number of phenolic OH excluding ortho intramolecular Hbond substituents is 1. The third kappa shape index (κ3) is 3.22. The van der Waals surface area contributed by atoms with Crippen molar-refractivity contribution in [3.05, 3.63) is 65.7 Å². The van der Waals surface area contributed by atoms with Gasteiger partial charge in [-0.2, -0.15) is 0 Å². The van der Waals surface area contributed by atoms with Crippen LogP contribution in [0.15, 0.2) is 54.6 Å².